The number of rotatable bonds is 4. The van der Waals surface area contributed by atoms with Gasteiger partial charge < -0.3 is 5.32 Å². The highest BCUT2D eigenvalue weighted by Crippen LogP contribution is 2.40. The predicted molar refractivity (Wildman–Crippen MR) is 128 cm³/mol. The van der Waals surface area contributed by atoms with Crippen molar-refractivity contribution in [3.8, 4) is 22.8 Å². The van der Waals surface area contributed by atoms with Crippen molar-refractivity contribution in [1.82, 2.24) is 35.3 Å². The largest absolute Gasteiger partial charge is 0.417 e. The van der Waals surface area contributed by atoms with E-state index in [4.69, 9.17) is 0 Å². The van der Waals surface area contributed by atoms with Crippen LogP contribution in [0.2, 0.25) is 0 Å². The van der Waals surface area contributed by atoms with Gasteiger partial charge in [0.25, 0.3) is 5.56 Å². The molecule has 4 aromatic heterocycles. The second kappa shape index (κ2) is 8.05. The van der Waals surface area contributed by atoms with Crippen LogP contribution in [0.25, 0.3) is 44.6 Å². The third kappa shape index (κ3) is 3.64. The van der Waals surface area contributed by atoms with Crippen molar-refractivity contribution in [3.63, 3.8) is 0 Å². The number of pyridine rings is 1. The maximum Gasteiger partial charge on any atom is 0.417 e. The van der Waals surface area contributed by atoms with Gasteiger partial charge in [0.05, 0.1) is 33.4 Å². The first-order chi connectivity index (χ1) is 17.4. The second-order valence-corrected chi connectivity index (χ2v) is 7.91. The van der Waals surface area contributed by atoms with Crippen molar-refractivity contribution in [1.29, 1.82) is 0 Å². The molecule has 0 aliphatic carbocycles. The molecule has 12 heteroatoms. The van der Waals surface area contributed by atoms with Crippen LogP contribution in [0.15, 0.2) is 71.7 Å². The summed E-state index contributed by atoms with van der Waals surface area (Å²) in [5.74, 6) is 0.417. The Kier molecular flexibility index (Phi) is 4.81. The van der Waals surface area contributed by atoms with Crippen molar-refractivity contribution in [2.75, 3.05) is 5.32 Å². The smallest absolute Gasteiger partial charge is 0.323 e. The molecule has 2 aromatic carbocycles. The molecule has 0 aliphatic rings. The van der Waals surface area contributed by atoms with E-state index >= 15 is 0 Å². The van der Waals surface area contributed by atoms with Gasteiger partial charge in [-0.2, -0.15) is 18.3 Å². The zero-order chi connectivity index (χ0) is 24.9. The number of aromatic amines is 3. The fraction of sp³-hybridized carbons (Fsp3) is 0.0417. The van der Waals surface area contributed by atoms with E-state index in [2.05, 4.69) is 40.7 Å². The van der Waals surface area contributed by atoms with E-state index in [1.165, 1.54) is 12.1 Å². The molecule has 4 N–H and O–H groups in total. The summed E-state index contributed by atoms with van der Waals surface area (Å²) in [6, 6.07) is 16.7. The zero-order valence-electron chi connectivity index (χ0n) is 18.2. The minimum absolute atomic E-state index is 0.0262. The molecule has 0 saturated carbocycles. The lowest BCUT2D eigenvalue weighted by Crippen LogP contribution is -2.13. The molecule has 6 rings (SSSR count). The Morgan fingerprint density at radius 2 is 1.69 bits per heavy atom. The van der Waals surface area contributed by atoms with Crippen molar-refractivity contribution in [2.24, 2.45) is 0 Å². The van der Waals surface area contributed by atoms with E-state index in [0.717, 1.165) is 10.9 Å². The SMILES string of the molecule is O=c1[nH][nH]c2ccc(-c3nc(Nc4n[nH]c5ccccc45)cc(-c4ccccn4)n3)c(C(F)(F)F)c12. The summed E-state index contributed by atoms with van der Waals surface area (Å²) in [6.45, 7) is 0. The quantitative estimate of drug-likeness (QED) is 0.276. The summed E-state index contributed by atoms with van der Waals surface area (Å²) in [4.78, 5) is 25.3. The standard InChI is InChI=1S/C24H15F3N8O/c25-24(26,27)20-13(8-9-16-19(20)23(36)35-33-16)21-29-17(15-7-3-4-10-28-15)11-18(30-21)31-22-12-5-1-2-6-14(12)32-34-22/h1-11H,(H2,33,35,36)(H2,29,30,31,32,34). The van der Waals surface area contributed by atoms with E-state index in [9.17, 15) is 18.0 Å². The van der Waals surface area contributed by atoms with Crippen LogP contribution in [0.3, 0.4) is 0 Å². The van der Waals surface area contributed by atoms with Gasteiger partial charge in [0, 0.05) is 23.2 Å². The van der Waals surface area contributed by atoms with Crippen LogP contribution < -0.4 is 10.9 Å². The molecule has 0 radical (unpaired) electrons. The lowest BCUT2D eigenvalue weighted by molar-refractivity contribution is -0.135. The molecule has 0 fully saturated rings. The number of nitrogens with zero attached hydrogens (tertiary/aromatic N) is 4. The summed E-state index contributed by atoms with van der Waals surface area (Å²) in [6.07, 6.45) is -3.29. The van der Waals surface area contributed by atoms with Crippen molar-refractivity contribution in [3.05, 3.63) is 82.8 Å². The van der Waals surface area contributed by atoms with E-state index in [0.29, 0.717) is 17.2 Å². The van der Waals surface area contributed by atoms with Gasteiger partial charge in [0.2, 0.25) is 0 Å². The van der Waals surface area contributed by atoms with Crippen LogP contribution in [-0.4, -0.2) is 35.3 Å². The predicted octanol–water partition coefficient (Wildman–Crippen LogP) is 5.01. The molecule has 0 saturated heterocycles. The Labute approximate surface area is 199 Å². The summed E-state index contributed by atoms with van der Waals surface area (Å²) < 4.78 is 42.8. The first-order valence-corrected chi connectivity index (χ1v) is 10.7. The average Bonchev–Trinajstić information content (AvgIpc) is 3.46. The van der Waals surface area contributed by atoms with Crippen molar-refractivity contribution < 1.29 is 13.2 Å². The molecule has 178 valence electrons. The Morgan fingerprint density at radius 1 is 0.861 bits per heavy atom. The number of nitrogens with one attached hydrogen (secondary N) is 4. The first kappa shape index (κ1) is 21.5. The second-order valence-electron chi connectivity index (χ2n) is 7.91. The molecule has 0 amide bonds. The number of H-pyrrole nitrogens is 3. The highest BCUT2D eigenvalue weighted by Gasteiger charge is 2.38. The van der Waals surface area contributed by atoms with Gasteiger partial charge in [0.1, 0.15) is 5.82 Å². The molecule has 4 heterocycles. The van der Waals surface area contributed by atoms with Gasteiger partial charge in [-0.25, -0.2) is 9.97 Å². The van der Waals surface area contributed by atoms with E-state index in [1.54, 1.807) is 30.5 Å². The fourth-order valence-electron chi connectivity index (χ4n) is 4.07. The highest BCUT2D eigenvalue weighted by atomic mass is 19.4. The van der Waals surface area contributed by atoms with Gasteiger partial charge in [-0.1, -0.05) is 18.2 Å². The number of hydrogen-bond donors (Lipinski definition) is 4. The highest BCUT2D eigenvalue weighted by molar-refractivity contribution is 5.92. The normalized spacial score (nSPS) is 11.9. The minimum Gasteiger partial charge on any atom is -0.323 e. The van der Waals surface area contributed by atoms with Crippen LogP contribution in [0, 0.1) is 0 Å². The van der Waals surface area contributed by atoms with E-state index in [1.807, 2.05) is 24.3 Å². The fourth-order valence-corrected chi connectivity index (χ4v) is 4.07. The molecule has 0 aliphatic heterocycles. The first-order valence-electron chi connectivity index (χ1n) is 10.7. The summed E-state index contributed by atoms with van der Waals surface area (Å²) in [7, 11) is 0. The van der Waals surface area contributed by atoms with Crippen LogP contribution >= 0.6 is 0 Å². The number of fused-ring (bicyclic) bond motifs is 2. The van der Waals surface area contributed by atoms with Gasteiger partial charge in [-0.05, 0) is 36.4 Å². The zero-order valence-corrected chi connectivity index (χ0v) is 18.2. The van der Waals surface area contributed by atoms with Crippen molar-refractivity contribution in [2.45, 2.75) is 6.18 Å². The monoisotopic (exact) mass is 488 g/mol. The molecule has 0 bridgehead atoms. The van der Waals surface area contributed by atoms with Gasteiger partial charge >= 0.3 is 6.18 Å². The number of alkyl halides is 3. The molecular formula is C24H15F3N8O. The van der Waals surface area contributed by atoms with Crippen LogP contribution in [-0.2, 0) is 6.18 Å². The van der Waals surface area contributed by atoms with Gasteiger partial charge in [0.15, 0.2) is 11.6 Å². The number of aromatic nitrogens is 7. The number of benzene rings is 2. The Balaban J connectivity index is 1.58. The minimum atomic E-state index is -4.85. The summed E-state index contributed by atoms with van der Waals surface area (Å²) in [5, 5.41) is 15.2. The average molecular weight is 488 g/mol. The number of anilines is 2. The molecular weight excluding hydrogens is 473 g/mol. The molecule has 0 spiro atoms. The third-order valence-electron chi connectivity index (χ3n) is 5.64. The number of halogens is 3. The summed E-state index contributed by atoms with van der Waals surface area (Å²) in [5.41, 5.74) is -0.829. The Hall–Kier alpha value is -5.00. The van der Waals surface area contributed by atoms with Crippen LogP contribution in [0.5, 0.6) is 0 Å². The van der Waals surface area contributed by atoms with Crippen molar-refractivity contribution >= 4 is 33.4 Å². The molecule has 9 nitrogen and oxygen atoms in total. The maximum absolute atomic E-state index is 14.3. The third-order valence-corrected chi connectivity index (χ3v) is 5.64. The van der Waals surface area contributed by atoms with Gasteiger partial charge in [-0.3, -0.25) is 25.1 Å². The molecule has 6 aromatic rings. The summed E-state index contributed by atoms with van der Waals surface area (Å²) >= 11 is 0. The maximum atomic E-state index is 14.3. The lowest BCUT2D eigenvalue weighted by Gasteiger charge is -2.14. The van der Waals surface area contributed by atoms with Crippen LogP contribution in [0.1, 0.15) is 5.56 Å². The lowest BCUT2D eigenvalue weighted by atomic mass is 10.0. The molecule has 0 unspecified atom stereocenters. The van der Waals surface area contributed by atoms with Crippen LogP contribution in [0.4, 0.5) is 24.8 Å². The number of para-hydroxylation sites is 1. The Morgan fingerprint density at radius 3 is 2.50 bits per heavy atom. The van der Waals surface area contributed by atoms with E-state index < -0.39 is 22.7 Å². The molecule has 0 atom stereocenters. The Bertz CT molecular complexity index is 1790. The molecule has 36 heavy (non-hydrogen) atoms. The van der Waals surface area contributed by atoms with E-state index in [-0.39, 0.29) is 22.7 Å². The topological polar surface area (TPSA) is 128 Å². The number of hydrogen-bond acceptors (Lipinski definition) is 6. The van der Waals surface area contributed by atoms with Gasteiger partial charge in [-0.15, -0.1) is 0 Å².